The van der Waals surface area contributed by atoms with Gasteiger partial charge in [0, 0.05) is 30.1 Å². The summed E-state index contributed by atoms with van der Waals surface area (Å²) in [7, 11) is 0. The smallest absolute Gasteiger partial charge is 0.268 e. The van der Waals surface area contributed by atoms with Crippen molar-refractivity contribution >= 4 is 40.8 Å². The average Bonchev–Trinajstić information content (AvgIpc) is 3.24. The lowest BCUT2D eigenvalue weighted by molar-refractivity contribution is -0.131. The number of halogens is 2. The maximum absolute atomic E-state index is 13.7. The zero-order valence-electron chi connectivity index (χ0n) is 20.2. The van der Waals surface area contributed by atoms with Crippen LogP contribution in [0.15, 0.2) is 48.7 Å². The largest absolute Gasteiger partial charge is 0.352 e. The third kappa shape index (κ3) is 5.09. The lowest BCUT2D eigenvalue weighted by Crippen LogP contribution is -2.43. The fourth-order valence-corrected chi connectivity index (χ4v) is 4.76. The van der Waals surface area contributed by atoms with Crippen molar-refractivity contribution in [2.75, 3.05) is 19.6 Å². The standard InChI is InChI=1S/C28H23F2N5O3/c29-28(30)13-20(14-31)35(16-28)25(36)15-34-27(38)22-8-10-32-24-6-4-18(12-23(22)24)2-1-17-3-5-21-19(11-17)7-9-33-26(21)37/h1-6,8,10-12,20H,7,9,13,15-16H2,(H,33,37)(H,34,38)/b2-1+. The van der Waals surface area contributed by atoms with E-state index in [1.54, 1.807) is 24.3 Å². The van der Waals surface area contributed by atoms with Gasteiger partial charge in [-0.2, -0.15) is 5.26 Å². The number of aromatic nitrogens is 1. The topological polar surface area (TPSA) is 115 Å². The van der Waals surface area contributed by atoms with Crippen LogP contribution < -0.4 is 10.6 Å². The zero-order chi connectivity index (χ0) is 26.9. The van der Waals surface area contributed by atoms with E-state index in [0.717, 1.165) is 28.0 Å². The Morgan fingerprint density at radius 2 is 1.95 bits per heavy atom. The average molecular weight is 516 g/mol. The second-order valence-electron chi connectivity index (χ2n) is 9.30. The minimum atomic E-state index is -3.13. The van der Waals surface area contributed by atoms with E-state index in [1.165, 1.54) is 12.3 Å². The molecule has 2 aliphatic heterocycles. The quantitative estimate of drug-likeness (QED) is 0.507. The van der Waals surface area contributed by atoms with Gasteiger partial charge in [-0.05, 0) is 47.4 Å². The molecule has 3 amide bonds. The van der Waals surface area contributed by atoms with Crippen molar-refractivity contribution < 1.29 is 23.2 Å². The number of benzene rings is 2. The fraction of sp³-hybridized carbons (Fsp3) is 0.250. The summed E-state index contributed by atoms with van der Waals surface area (Å²) in [5.74, 6) is -4.50. The van der Waals surface area contributed by atoms with E-state index in [1.807, 2.05) is 30.4 Å². The van der Waals surface area contributed by atoms with E-state index >= 15 is 0 Å². The molecule has 1 atom stereocenters. The molecule has 192 valence electrons. The van der Waals surface area contributed by atoms with Crippen LogP contribution in [0.3, 0.4) is 0 Å². The molecule has 0 saturated carbocycles. The SMILES string of the molecule is N#CC1CC(F)(F)CN1C(=O)CNC(=O)c1ccnc2ccc(/C=C/c3ccc4c(c3)CCNC4=O)cc12. The summed E-state index contributed by atoms with van der Waals surface area (Å²) >= 11 is 0. The molecule has 10 heteroatoms. The van der Waals surface area contributed by atoms with E-state index in [0.29, 0.717) is 23.0 Å². The third-order valence-corrected chi connectivity index (χ3v) is 6.67. The number of nitrogens with zero attached hydrogens (tertiary/aromatic N) is 3. The Bertz CT molecular complexity index is 1530. The van der Waals surface area contributed by atoms with Crippen molar-refractivity contribution in [3.8, 4) is 6.07 Å². The molecule has 0 bridgehead atoms. The Labute approximate surface area is 217 Å². The summed E-state index contributed by atoms with van der Waals surface area (Å²) in [4.78, 5) is 42.5. The number of nitriles is 1. The van der Waals surface area contributed by atoms with Gasteiger partial charge in [0.05, 0.1) is 30.2 Å². The first kappa shape index (κ1) is 25.0. The summed E-state index contributed by atoms with van der Waals surface area (Å²) in [6, 6.07) is 13.1. The van der Waals surface area contributed by atoms with Crippen LogP contribution in [-0.2, 0) is 11.2 Å². The highest BCUT2D eigenvalue weighted by molar-refractivity contribution is 6.07. The molecule has 2 aromatic carbocycles. The van der Waals surface area contributed by atoms with Gasteiger partial charge in [-0.15, -0.1) is 0 Å². The first-order chi connectivity index (χ1) is 18.2. The number of carbonyl (C=O) groups is 3. The number of nitrogens with one attached hydrogen (secondary N) is 2. The van der Waals surface area contributed by atoms with E-state index in [-0.39, 0.29) is 11.5 Å². The lowest BCUT2D eigenvalue weighted by Gasteiger charge is -2.19. The van der Waals surface area contributed by atoms with Crippen LogP contribution in [-0.4, -0.2) is 59.2 Å². The maximum Gasteiger partial charge on any atom is 0.268 e. The van der Waals surface area contributed by atoms with Gasteiger partial charge in [0.1, 0.15) is 6.04 Å². The Kier molecular flexibility index (Phi) is 6.59. The Morgan fingerprint density at radius 1 is 1.18 bits per heavy atom. The number of amides is 3. The van der Waals surface area contributed by atoms with Crippen molar-refractivity contribution in [1.29, 1.82) is 5.26 Å². The van der Waals surface area contributed by atoms with E-state index in [4.69, 9.17) is 5.26 Å². The molecule has 38 heavy (non-hydrogen) atoms. The molecule has 0 spiro atoms. The molecule has 1 fully saturated rings. The summed E-state index contributed by atoms with van der Waals surface area (Å²) in [6.07, 6.45) is 5.33. The summed E-state index contributed by atoms with van der Waals surface area (Å²) in [6.45, 7) is -0.741. The first-order valence-corrected chi connectivity index (χ1v) is 12.1. The molecule has 0 radical (unpaired) electrons. The van der Waals surface area contributed by atoms with Crippen LogP contribution in [0.25, 0.3) is 23.1 Å². The number of carbonyl (C=O) groups excluding carboxylic acids is 3. The molecule has 1 unspecified atom stereocenters. The van der Waals surface area contributed by atoms with Crippen LogP contribution in [0, 0.1) is 11.3 Å². The van der Waals surface area contributed by atoms with E-state index in [2.05, 4.69) is 15.6 Å². The molecular formula is C28H23F2N5O3. The molecule has 3 heterocycles. The van der Waals surface area contributed by atoms with Crippen LogP contribution in [0.2, 0.25) is 0 Å². The predicted octanol–water partition coefficient (Wildman–Crippen LogP) is 3.18. The van der Waals surface area contributed by atoms with Crippen molar-refractivity contribution in [3.05, 3.63) is 76.5 Å². The van der Waals surface area contributed by atoms with Gasteiger partial charge in [0.15, 0.2) is 0 Å². The van der Waals surface area contributed by atoms with Gasteiger partial charge in [-0.1, -0.05) is 30.4 Å². The number of hydrogen-bond donors (Lipinski definition) is 2. The van der Waals surface area contributed by atoms with Gasteiger partial charge in [0.25, 0.3) is 17.7 Å². The lowest BCUT2D eigenvalue weighted by atomic mass is 9.97. The van der Waals surface area contributed by atoms with E-state index < -0.39 is 43.3 Å². The minimum absolute atomic E-state index is 0.0698. The van der Waals surface area contributed by atoms with Gasteiger partial charge >= 0.3 is 0 Å². The molecule has 1 saturated heterocycles. The van der Waals surface area contributed by atoms with Gasteiger partial charge in [0.2, 0.25) is 5.91 Å². The Hall–Kier alpha value is -4.65. The minimum Gasteiger partial charge on any atom is -0.352 e. The molecule has 5 rings (SSSR count). The van der Waals surface area contributed by atoms with Crippen molar-refractivity contribution in [2.45, 2.75) is 24.8 Å². The highest BCUT2D eigenvalue weighted by atomic mass is 19.3. The molecular weight excluding hydrogens is 492 g/mol. The number of hydrogen-bond acceptors (Lipinski definition) is 5. The number of alkyl halides is 2. The number of rotatable bonds is 5. The van der Waals surface area contributed by atoms with Crippen LogP contribution in [0.1, 0.15) is 43.8 Å². The highest BCUT2D eigenvalue weighted by Crippen LogP contribution is 2.31. The van der Waals surface area contributed by atoms with E-state index in [9.17, 15) is 23.2 Å². The molecule has 2 aliphatic rings. The molecule has 1 aromatic heterocycles. The Balaban J connectivity index is 1.32. The normalized spacial score (nSPS) is 18.2. The highest BCUT2D eigenvalue weighted by Gasteiger charge is 2.47. The monoisotopic (exact) mass is 515 g/mol. The molecule has 8 nitrogen and oxygen atoms in total. The fourth-order valence-electron chi connectivity index (χ4n) is 4.76. The number of pyridine rings is 1. The third-order valence-electron chi connectivity index (χ3n) is 6.67. The molecule has 2 N–H and O–H groups in total. The van der Waals surface area contributed by atoms with Gasteiger partial charge in [-0.3, -0.25) is 19.4 Å². The predicted molar refractivity (Wildman–Crippen MR) is 136 cm³/mol. The van der Waals surface area contributed by atoms with Crippen molar-refractivity contribution in [3.63, 3.8) is 0 Å². The second-order valence-corrected chi connectivity index (χ2v) is 9.30. The van der Waals surface area contributed by atoms with Crippen molar-refractivity contribution in [2.24, 2.45) is 0 Å². The van der Waals surface area contributed by atoms with Gasteiger partial charge in [-0.25, -0.2) is 8.78 Å². The van der Waals surface area contributed by atoms with Gasteiger partial charge < -0.3 is 15.5 Å². The zero-order valence-corrected chi connectivity index (χ0v) is 20.2. The van der Waals surface area contributed by atoms with Crippen LogP contribution in [0.4, 0.5) is 8.78 Å². The first-order valence-electron chi connectivity index (χ1n) is 12.1. The van der Waals surface area contributed by atoms with Crippen molar-refractivity contribution in [1.82, 2.24) is 20.5 Å². The number of fused-ring (bicyclic) bond motifs is 2. The second kappa shape index (κ2) is 10.0. The molecule has 3 aromatic rings. The maximum atomic E-state index is 13.7. The summed E-state index contributed by atoms with van der Waals surface area (Å²) in [5.41, 5.74) is 4.27. The number of likely N-dealkylation sites (tertiary alicyclic amines) is 1. The van der Waals surface area contributed by atoms with Crippen LogP contribution in [0.5, 0.6) is 0 Å². The molecule has 0 aliphatic carbocycles. The van der Waals surface area contributed by atoms with Crippen LogP contribution >= 0.6 is 0 Å². The summed E-state index contributed by atoms with van der Waals surface area (Å²) in [5, 5.41) is 15.0. The summed E-state index contributed by atoms with van der Waals surface area (Å²) < 4.78 is 27.3. The Morgan fingerprint density at radius 3 is 2.74 bits per heavy atom.